The van der Waals surface area contributed by atoms with Gasteiger partial charge in [0.15, 0.2) is 17.4 Å². The van der Waals surface area contributed by atoms with Gasteiger partial charge in [-0.2, -0.15) is 9.97 Å². The molecule has 0 aliphatic carbocycles. The Balaban J connectivity index is 1.56. The molecule has 1 aromatic carbocycles. The van der Waals surface area contributed by atoms with E-state index in [9.17, 15) is 14.5 Å². The van der Waals surface area contributed by atoms with E-state index in [1.165, 1.54) is 32.4 Å². The number of aliphatic hydroxyl groups is 1. The quantitative estimate of drug-likeness (QED) is 0.184. The van der Waals surface area contributed by atoms with E-state index in [1.54, 1.807) is 6.92 Å². The topological polar surface area (TPSA) is 179 Å². The summed E-state index contributed by atoms with van der Waals surface area (Å²) in [5, 5.41) is 11.6. The molecule has 1 unspecified atom stereocenters. The van der Waals surface area contributed by atoms with Crippen LogP contribution in [0.4, 0.5) is 5.95 Å². The summed E-state index contributed by atoms with van der Waals surface area (Å²) >= 11 is 0. The minimum atomic E-state index is -2.69. The van der Waals surface area contributed by atoms with E-state index >= 15 is 0 Å². The average Bonchev–Trinajstić information content (AvgIpc) is 3.42. The molecular weight excluding hydrogens is 520 g/mol. The number of ether oxygens (including phenoxy) is 3. The fourth-order valence-corrected chi connectivity index (χ4v) is 4.53. The van der Waals surface area contributed by atoms with Gasteiger partial charge in [0, 0.05) is 4.57 Å². The van der Waals surface area contributed by atoms with E-state index < -0.39 is 44.9 Å². The molecule has 0 saturated carbocycles. The zero-order chi connectivity index (χ0) is 27.3. The first kappa shape index (κ1) is 27.8. The second-order valence-electron chi connectivity index (χ2n) is 8.35. The van der Waals surface area contributed by atoms with Gasteiger partial charge in [0.05, 0.1) is 20.0 Å². The molecule has 38 heavy (non-hydrogen) atoms. The van der Waals surface area contributed by atoms with E-state index in [0.29, 0.717) is 5.52 Å². The fourth-order valence-electron chi connectivity index (χ4n) is 3.97. The Hall–Kier alpha value is -3.20. The predicted octanol–water partition coefficient (Wildman–Crippen LogP) is 0.649. The van der Waals surface area contributed by atoms with Crippen LogP contribution < -0.4 is 15.9 Å². The van der Waals surface area contributed by atoms with Crippen LogP contribution in [0.5, 0.6) is 5.88 Å². The maximum absolute atomic E-state index is 12.2. The van der Waals surface area contributed by atoms with E-state index in [0.717, 1.165) is 5.46 Å². The number of imidazole rings is 1. The maximum atomic E-state index is 12.2. The van der Waals surface area contributed by atoms with Crippen molar-refractivity contribution in [3.05, 3.63) is 36.7 Å². The van der Waals surface area contributed by atoms with Gasteiger partial charge in [0.2, 0.25) is 18.4 Å². The lowest BCUT2D eigenvalue weighted by molar-refractivity contribution is -0.145. The van der Waals surface area contributed by atoms with E-state index in [4.69, 9.17) is 33.6 Å². The number of fused-ring (bicyclic) bond motifs is 1. The van der Waals surface area contributed by atoms with Crippen LogP contribution in [0.25, 0.3) is 11.2 Å². The minimum absolute atomic E-state index is 0.0606. The van der Waals surface area contributed by atoms with Gasteiger partial charge >= 0.3 is 21.7 Å². The number of benzene rings is 1. The third-order valence-electron chi connectivity index (χ3n) is 5.66. The van der Waals surface area contributed by atoms with E-state index in [2.05, 4.69) is 15.0 Å². The number of nitrogens with two attached hydrogens (primary N) is 1. The van der Waals surface area contributed by atoms with Gasteiger partial charge in [-0.25, -0.2) is 9.78 Å². The molecule has 3 heterocycles. The molecule has 0 amide bonds. The van der Waals surface area contributed by atoms with Crippen molar-refractivity contribution < 1.29 is 42.4 Å². The van der Waals surface area contributed by atoms with Crippen LogP contribution in [-0.2, 0) is 32.5 Å². The first-order chi connectivity index (χ1) is 18.2. The summed E-state index contributed by atoms with van der Waals surface area (Å²) in [5.41, 5.74) is 5.48. The zero-order valence-corrected chi connectivity index (χ0v) is 21.8. The third kappa shape index (κ3) is 6.09. The predicted molar refractivity (Wildman–Crippen MR) is 134 cm³/mol. The summed E-state index contributed by atoms with van der Waals surface area (Å²) in [4.78, 5) is 24.0. The van der Waals surface area contributed by atoms with Crippen LogP contribution in [0.15, 0.2) is 36.7 Å². The van der Waals surface area contributed by atoms with Crippen LogP contribution >= 0.6 is 8.25 Å². The molecule has 0 spiro atoms. The highest BCUT2D eigenvalue weighted by atomic mass is 31.1. The lowest BCUT2D eigenvalue weighted by Gasteiger charge is -2.30. The Morgan fingerprint density at radius 2 is 2.05 bits per heavy atom. The largest absolute Gasteiger partial charge is 0.698 e. The van der Waals surface area contributed by atoms with Crippen molar-refractivity contribution in [3.63, 3.8) is 0 Å². The van der Waals surface area contributed by atoms with Crippen molar-refractivity contribution in [3.8, 4) is 5.88 Å². The Kier molecular flexibility index (Phi) is 8.87. The standard InChI is InChI=1S/C22H27BN5O9P/c1-4-33-15(29)11-35-38(31)34-10-14-17(37-23-13-8-6-5-7-9-13)22(2,30)20(36-14)28-12-25-16-18(28)26-21(24)27-19(16)32-3/h5-9,12,14,17,20,30H,4,10-11H2,1-3H3,(H2,24,26,27)/q+1/t14-,17-,20-,22-/m1/s1. The average molecular weight is 547 g/mol. The molecule has 2 aromatic heterocycles. The summed E-state index contributed by atoms with van der Waals surface area (Å²) in [5.74, 6) is -0.582. The molecule has 1 radical (unpaired) electrons. The Bertz CT molecular complexity index is 1280. The van der Waals surface area contributed by atoms with Gasteiger partial charge in [-0.05, 0) is 13.8 Å². The number of hydrogen-bond acceptors (Lipinski definition) is 13. The Morgan fingerprint density at radius 1 is 1.29 bits per heavy atom. The Labute approximate surface area is 219 Å². The number of rotatable bonds is 12. The number of hydrogen-bond donors (Lipinski definition) is 2. The molecule has 14 nitrogen and oxygen atoms in total. The molecule has 5 atom stereocenters. The van der Waals surface area contributed by atoms with Crippen LogP contribution in [0.1, 0.15) is 20.1 Å². The molecule has 16 heteroatoms. The third-order valence-corrected chi connectivity index (χ3v) is 6.36. The second-order valence-corrected chi connectivity index (χ2v) is 9.31. The van der Waals surface area contributed by atoms with Gasteiger partial charge in [-0.1, -0.05) is 35.8 Å². The first-order valence-electron chi connectivity index (χ1n) is 11.6. The summed E-state index contributed by atoms with van der Waals surface area (Å²) < 4.78 is 46.0. The van der Waals surface area contributed by atoms with Crippen molar-refractivity contribution in [2.24, 2.45) is 0 Å². The van der Waals surface area contributed by atoms with Gasteiger partial charge in [0.1, 0.15) is 24.4 Å². The van der Waals surface area contributed by atoms with Crippen molar-refractivity contribution in [2.75, 3.05) is 32.7 Å². The highest BCUT2D eigenvalue weighted by Crippen LogP contribution is 2.42. The molecule has 3 N–H and O–H groups in total. The molecule has 201 valence electrons. The molecule has 1 aliphatic rings. The summed E-state index contributed by atoms with van der Waals surface area (Å²) in [6, 6.07) is 9.18. The molecule has 3 aromatic rings. The summed E-state index contributed by atoms with van der Waals surface area (Å²) in [6.07, 6.45) is -1.60. The number of esters is 1. The van der Waals surface area contributed by atoms with Crippen LogP contribution in [0.2, 0.25) is 0 Å². The monoisotopic (exact) mass is 547 g/mol. The smallest absolute Gasteiger partial charge is 0.479 e. The van der Waals surface area contributed by atoms with Crippen LogP contribution in [0, 0.1) is 0 Å². The Morgan fingerprint density at radius 3 is 2.76 bits per heavy atom. The second kappa shape index (κ2) is 12.1. The van der Waals surface area contributed by atoms with Gasteiger partial charge in [-0.3, -0.25) is 4.57 Å². The van der Waals surface area contributed by atoms with E-state index in [1.807, 2.05) is 30.3 Å². The number of nitrogen functional groups attached to an aromatic ring is 1. The summed E-state index contributed by atoms with van der Waals surface area (Å²) in [7, 11) is 0.205. The minimum Gasteiger partial charge on any atom is -0.479 e. The normalized spacial score (nSPS) is 23.4. The van der Waals surface area contributed by atoms with Crippen molar-refractivity contribution in [1.82, 2.24) is 19.5 Å². The van der Waals surface area contributed by atoms with Crippen LogP contribution in [0.3, 0.4) is 0 Å². The van der Waals surface area contributed by atoms with Crippen molar-refractivity contribution in [2.45, 2.75) is 37.9 Å². The van der Waals surface area contributed by atoms with Crippen molar-refractivity contribution >= 4 is 44.3 Å². The van der Waals surface area contributed by atoms with Crippen LogP contribution in [-0.4, -0.2) is 82.8 Å². The molecule has 1 saturated heterocycles. The number of nitrogens with zero attached hydrogens (tertiary/aromatic N) is 4. The maximum Gasteiger partial charge on any atom is 0.698 e. The fraction of sp³-hybridized carbons (Fsp3) is 0.455. The number of carbonyl (C=O) groups is 1. The van der Waals surface area contributed by atoms with Crippen molar-refractivity contribution in [1.29, 1.82) is 0 Å². The van der Waals surface area contributed by atoms with Gasteiger partial charge in [0.25, 0.3) is 0 Å². The van der Waals surface area contributed by atoms with E-state index in [-0.39, 0.29) is 30.7 Å². The van der Waals surface area contributed by atoms with Gasteiger partial charge in [-0.15, -0.1) is 9.05 Å². The number of methoxy groups -OCH3 is 1. The molecule has 0 bridgehead atoms. The molecular formula is C22H27BN5O9P+. The lowest BCUT2D eigenvalue weighted by atomic mass is 9.86. The first-order valence-corrected chi connectivity index (χ1v) is 12.7. The summed E-state index contributed by atoms with van der Waals surface area (Å²) in [6.45, 7) is 2.48. The number of carbonyl (C=O) groups excluding carboxylic acids is 1. The lowest BCUT2D eigenvalue weighted by Crippen LogP contribution is -2.47. The molecule has 1 aliphatic heterocycles. The number of aromatic nitrogens is 4. The highest BCUT2D eigenvalue weighted by molar-refractivity contribution is 7.33. The molecule has 1 fully saturated rings. The number of anilines is 1. The van der Waals surface area contributed by atoms with Gasteiger partial charge < -0.3 is 29.7 Å². The highest BCUT2D eigenvalue weighted by Gasteiger charge is 2.55. The SMILES string of the molecule is CCOC(=O)CO[P+](=O)OC[C@H]1O[C@@H](n2cnc3c(OC)nc(N)nc32)[C@](C)(O)[C@@H]1O[B]c1ccccc1. The zero-order valence-electron chi connectivity index (χ0n) is 20.9. The molecule has 4 rings (SSSR count).